The summed E-state index contributed by atoms with van der Waals surface area (Å²) >= 11 is 0. The SMILES string of the molecule is COc1ccc(N(c2ccccc2)c2ccc(C=O)cc2)cc1. The molecule has 3 nitrogen and oxygen atoms in total. The van der Waals surface area contributed by atoms with Gasteiger partial charge in [-0.05, 0) is 60.7 Å². The van der Waals surface area contributed by atoms with Gasteiger partial charge < -0.3 is 9.64 Å². The van der Waals surface area contributed by atoms with Crippen molar-refractivity contribution in [1.29, 1.82) is 0 Å². The van der Waals surface area contributed by atoms with Crippen LogP contribution in [0.2, 0.25) is 0 Å². The van der Waals surface area contributed by atoms with Gasteiger partial charge in [-0.3, -0.25) is 4.79 Å². The van der Waals surface area contributed by atoms with Crippen molar-refractivity contribution >= 4 is 23.3 Å². The Morgan fingerprint density at radius 3 is 1.78 bits per heavy atom. The maximum atomic E-state index is 10.9. The lowest BCUT2D eigenvalue weighted by atomic mass is 10.1. The van der Waals surface area contributed by atoms with Crippen molar-refractivity contribution < 1.29 is 9.53 Å². The van der Waals surface area contributed by atoms with Crippen LogP contribution in [-0.2, 0) is 0 Å². The molecule has 0 saturated carbocycles. The summed E-state index contributed by atoms with van der Waals surface area (Å²) in [4.78, 5) is 13.0. The molecular formula is C20H17NO2. The van der Waals surface area contributed by atoms with Gasteiger partial charge in [0.05, 0.1) is 7.11 Å². The molecule has 3 aromatic carbocycles. The van der Waals surface area contributed by atoms with Crippen LogP contribution in [0.4, 0.5) is 17.1 Å². The Balaban J connectivity index is 2.07. The van der Waals surface area contributed by atoms with Crippen molar-refractivity contribution in [2.24, 2.45) is 0 Å². The number of para-hydroxylation sites is 1. The molecule has 0 aliphatic rings. The first-order valence-corrected chi connectivity index (χ1v) is 7.36. The molecule has 0 fully saturated rings. The second-order valence-electron chi connectivity index (χ2n) is 5.08. The van der Waals surface area contributed by atoms with E-state index in [2.05, 4.69) is 17.0 Å². The van der Waals surface area contributed by atoms with Gasteiger partial charge in [0.1, 0.15) is 12.0 Å². The Bertz CT molecular complexity index is 765. The van der Waals surface area contributed by atoms with Crippen molar-refractivity contribution in [3.05, 3.63) is 84.4 Å². The summed E-state index contributed by atoms with van der Waals surface area (Å²) in [5.74, 6) is 0.818. The van der Waals surface area contributed by atoms with Gasteiger partial charge in [0.15, 0.2) is 0 Å². The van der Waals surface area contributed by atoms with E-state index in [1.54, 1.807) is 7.11 Å². The predicted octanol–water partition coefficient (Wildman–Crippen LogP) is 4.98. The van der Waals surface area contributed by atoms with Crippen LogP contribution in [-0.4, -0.2) is 13.4 Å². The summed E-state index contributed by atoms with van der Waals surface area (Å²) in [6, 6.07) is 25.5. The quantitative estimate of drug-likeness (QED) is 0.623. The van der Waals surface area contributed by atoms with Crippen molar-refractivity contribution in [2.45, 2.75) is 0 Å². The monoisotopic (exact) mass is 303 g/mol. The highest BCUT2D eigenvalue weighted by Crippen LogP contribution is 2.34. The molecule has 0 aromatic heterocycles. The molecule has 3 aromatic rings. The average molecular weight is 303 g/mol. The van der Waals surface area contributed by atoms with E-state index in [9.17, 15) is 4.79 Å². The molecule has 0 bridgehead atoms. The third-order valence-electron chi connectivity index (χ3n) is 3.63. The molecule has 0 heterocycles. The summed E-state index contributed by atoms with van der Waals surface area (Å²) in [5, 5.41) is 0. The summed E-state index contributed by atoms with van der Waals surface area (Å²) in [5.41, 5.74) is 3.73. The first-order valence-electron chi connectivity index (χ1n) is 7.36. The Morgan fingerprint density at radius 2 is 1.26 bits per heavy atom. The van der Waals surface area contributed by atoms with E-state index in [-0.39, 0.29) is 0 Å². The maximum Gasteiger partial charge on any atom is 0.150 e. The van der Waals surface area contributed by atoms with Gasteiger partial charge in [-0.2, -0.15) is 0 Å². The smallest absolute Gasteiger partial charge is 0.150 e. The molecule has 0 saturated heterocycles. The van der Waals surface area contributed by atoms with Crippen LogP contribution in [0.15, 0.2) is 78.9 Å². The number of methoxy groups -OCH3 is 1. The molecular weight excluding hydrogens is 286 g/mol. The van der Waals surface area contributed by atoms with Gasteiger partial charge in [-0.1, -0.05) is 18.2 Å². The van der Waals surface area contributed by atoms with E-state index in [1.807, 2.05) is 66.7 Å². The molecule has 0 radical (unpaired) electrons. The minimum absolute atomic E-state index is 0.663. The Hall–Kier alpha value is -3.07. The van der Waals surface area contributed by atoms with Gasteiger partial charge in [0.2, 0.25) is 0 Å². The zero-order valence-electron chi connectivity index (χ0n) is 12.8. The van der Waals surface area contributed by atoms with Gasteiger partial charge in [0, 0.05) is 22.6 Å². The van der Waals surface area contributed by atoms with Crippen LogP contribution in [0.5, 0.6) is 5.75 Å². The largest absolute Gasteiger partial charge is 0.497 e. The predicted molar refractivity (Wildman–Crippen MR) is 93.1 cm³/mol. The third kappa shape index (κ3) is 3.24. The number of carbonyl (C=O) groups is 1. The molecule has 114 valence electrons. The number of hydrogen-bond acceptors (Lipinski definition) is 3. The molecule has 3 heteroatoms. The fourth-order valence-corrected chi connectivity index (χ4v) is 2.46. The number of nitrogens with zero attached hydrogens (tertiary/aromatic N) is 1. The fraction of sp³-hybridized carbons (Fsp3) is 0.0500. The minimum Gasteiger partial charge on any atom is -0.497 e. The Morgan fingerprint density at radius 1 is 0.739 bits per heavy atom. The number of benzene rings is 3. The second kappa shape index (κ2) is 6.79. The van der Waals surface area contributed by atoms with Crippen LogP contribution in [0, 0.1) is 0 Å². The minimum atomic E-state index is 0.663. The van der Waals surface area contributed by atoms with Gasteiger partial charge in [-0.25, -0.2) is 0 Å². The first kappa shape index (κ1) is 14.9. The van der Waals surface area contributed by atoms with E-state index in [0.29, 0.717) is 5.56 Å². The normalized spacial score (nSPS) is 10.1. The van der Waals surface area contributed by atoms with E-state index in [1.165, 1.54) is 0 Å². The molecule has 0 N–H and O–H groups in total. The third-order valence-corrected chi connectivity index (χ3v) is 3.63. The second-order valence-corrected chi connectivity index (χ2v) is 5.08. The van der Waals surface area contributed by atoms with Crippen LogP contribution >= 0.6 is 0 Å². The molecule has 0 spiro atoms. The van der Waals surface area contributed by atoms with Crippen LogP contribution in [0.25, 0.3) is 0 Å². The van der Waals surface area contributed by atoms with Crippen LogP contribution in [0.1, 0.15) is 10.4 Å². The van der Waals surface area contributed by atoms with E-state index >= 15 is 0 Å². The van der Waals surface area contributed by atoms with E-state index in [4.69, 9.17) is 4.74 Å². The van der Waals surface area contributed by atoms with Crippen molar-refractivity contribution in [3.63, 3.8) is 0 Å². The number of rotatable bonds is 5. The molecule has 0 atom stereocenters. The summed E-state index contributed by atoms with van der Waals surface area (Å²) < 4.78 is 5.23. The van der Waals surface area contributed by atoms with Gasteiger partial charge >= 0.3 is 0 Å². The molecule has 3 rings (SSSR count). The number of aldehydes is 1. The van der Waals surface area contributed by atoms with Crippen molar-refractivity contribution in [2.75, 3.05) is 12.0 Å². The Labute approximate surface area is 135 Å². The number of carbonyl (C=O) groups excluding carboxylic acids is 1. The first-order chi connectivity index (χ1) is 11.3. The number of hydrogen-bond donors (Lipinski definition) is 0. The highest BCUT2D eigenvalue weighted by Gasteiger charge is 2.12. The summed E-state index contributed by atoms with van der Waals surface area (Å²) in [6.45, 7) is 0. The van der Waals surface area contributed by atoms with Gasteiger partial charge in [0.25, 0.3) is 0 Å². The zero-order chi connectivity index (χ0) is 16.1. The van der Waals surface area contributed by atoms with Crippen molar-refractivity contribution in [3.8, 4) is 5.75 Å². The number of anilines is 3. The topological polar surface area (TPSA) is 29.5 Å². The lowest BCUT2D eigenvalue weighted by molar-refractivity contribution is 0.112. The van der Waals surface area contributed by atoms with Crippen LogP contribution in [0.3, 0.4) is 0 Å². The number of ether oxygens (including phenoxy) is 1. The summed E-state index contributed by atoms with van der Waals surface area (Å²) in [6.07, 6.45) is 0.851. The molecule has 0 aliphatic carbocycles. The summed E-state index contributed by atoms with van der Waals surface area (Å²) in [7, 11) is 1.65. The average Bonchev–Trinajstić information content (AvgIpc) is 2.64. The zero-order valence-corrected chi connectivity index (χ0v) is 12.8. The lowest BCUT2D eigenvalue weighted by Crippen LogP contribution is -2.09. The molecule has 23 heavy (non-hydrogen) atoms. The van der Waals surface area contributed by atoms with Gasteiger partial charge in [-0.15, -0.1) is 0 Å². The van der Waals surface area contributed by atoms with Crippen LogP contribution < -0.4 is 9.64 Å². The van der Waals surface area contributed by atoms with Crippen molar-refractivity contribution in [1.82, 2.24) is 0 Å². The molecule has 0 amide bonds. The highest BCUT2D eigenvalue weighted by molar-refractivity contribution is 5.80. The highest BCUT2D eigenvalue weighted by atomic mass is 16.5. The molecule has 0 aliphatic heterocycles. The van der Waals surface area contributed by atoms with E-state index in [0.717, 1.165) is 29.1 Å². The molecule has 0 unspecified atom stereocenters. The van der Waals surface area contributed by atoms with E-state index < -0.39 is 0 Å². The maximum absolute atomic E-state index is 10.9. The lowest BCUT2D eigenvalue weighted by Gasteiger charge is -2.25. The fourth-order valence-electron chi connectivity index (χ4n) is 2.46. The standard InChI is InChI=1S/C20H17NO2/c1-23-20-13-11-19(12-14-20)21(17-5-3-2-4-6-17)18-9-7-16(15-22)8-10-18/h2-15H,1H3. The Kier molecular flexibility index (Phi) is 4.39.